The average molecular weight is 221 g/mol. The number of hydrogen-bond acceptors (Lipinski definition) is 2. The molecule has 3 heteroatoms. The molecule has 2 rings (SSSR count). The lowest BCUT2D eigenvalue weighted by Crippen LogP contribution is -2.25. The summed E-state index contributed by atoms with van der Waals surface area (Å²) in [6.45, 7) is 8.77. The van der Waals surface area contributed by atoms with Gasteiger partial charge in [-0.05, 0) is 45.1 Å². The Hall–Kier alpha value is -0.830. The molecular weight excluding hydrogens is 198 g/mol. The third-order valence-corrected chi connectivity index (χ3v) is 3.65. The Morgan fingerprint density at radius 2 is 2.25 bits per heavy atom. The van der Waals surface area contributed by atoms with Crippen molar-refractivity contribution >= 4 is 0 Å². The maximum Gasteiger partial charge on any atom is 0.0537 e. The summed E-state index contributed by atoms with van der Waals surface area (Å²) in [5.74, 6) is 1.81. The van der Waals surface area contributed by atoms with E-state index in [1.165, 1.54) is 18.4 Å². The molecule has 90 valence electrons. The van der Waals surface area contributed by atoms with Gasteiger partial charge in [0.25, 0.3) is 0 Å². The van der Waals surface area contributed by atoms with E-state index in [1.54, 1.807) is 0 Å². The van der Waals surface area contributed by atoms with Gasteiger partial charge < -0.3 is 5.32 Å². The number of nitrogens with one attached hydrogen (secondary N) is 1. The zero-order valence-electron chi connectivity index (χ0n) is 10.6. The molecule has 0 amide bonds. The Kier molecular flexibility index (Phi) is 3.64. The van der Waals surface area contributed by atoms with Crippen LogP contribution in [0.15, 0.2) is 12.4 Å². The monoisotopic (exact) mass is 221 g/mol. The highest BCUT2D eigenvalue weighted by molar-refractivity contribution is 5.09. The van der Waals surface area contributed by atoms with Gasteiger partial charge in [0, 0.05) is 24.3 Å². The van der Waals surface area contributed by atoms with Crippen molar-refractivity contribution in [2.45, 2.75) is 46.2 Å². The summed E-state index contributed by atoms with van der Waals surface area (Å²) in [5, 5.41) is 7.91. The summed E-state index contributed by atoms with van der Waals surface area (Å²) in [5.41, 5.74) is 1.30. The first-order chi connectivity index (χ1) is 7.70. The van der Waals surface area contributed by atoms with Gasteiger partial charge in [0.1, 0.15) is 0 Å². The topological polar surface area (TPSA) is 29.9 Å². The number of rotatable bonds is 6. The van der Waals surface area contributed by atoms with Gasteiger partial charge >= 0.3 is 0 Å². The van der Waals surface area contributed by atoms with E-state index in [4.69, 9.17) is 0 Å². The van der Waals surface area contributed by atoms with Gasteiger partial charge in [-0.2, -0.15) is 5.10 Å². The standard InChI is InChI=1S/C13H23N3/c1-4-16-9-13(8-15-16)11(3)14-7-10(2)12-5-6-12/h8-12,14H,4-7H2,1-3H3. The van der Waals surface area contributed by atoms with E-state index in [2.05, 4.69) is 37.4 Å². The van der Waals surface area contributed by atoms with Crippen LogP contribution in [0.3, 0.4) is 0 Å². The first-order valence-electron chi connectivity index (χ1n) is 6.46. The fraction of sp³-hybridized carbons (Fsp3) is 0.769. The maximum absolute atomic E-state index is 4.31. The number of nitrogens with zero attached hydrogens (tertiary/aromatic N) is 2. The third kappa shape index (κ3) is 2.85. The highest BCUT2D eigenvalue weighted by atomic mass is 15.3. The molecule has 1 heterocycles. The number of hydrogen-bond donors (Lipinski definition) is 1. The summed E-state index contributed by atoms with van der Waals surface area (Å²) < 4.78 is 1.98. The van der Waals surface area contributed by atoms with Gasteiger partial charge in [0.2, 0.25) is 0 Å². The van der Waals surface area contributed by atoms with Crippen LogP contribution in [0.5, 0.6) is 0 Å². The first kappa shape index (κ1) is 11.6. The van der Waals surface area contributed by atoms with Gasteiger partial charge in [0.15, 0.2) is 0 Å². The third-order valence-electron chi connectivity index (χ3n) is 3.65. The van der Waals surface area contributed by atoms with Gasteiger partial charge in [0.05, 0.1) is 6.20 Å². The summed E-state index contributed by atoms with van der Waals surface area (Å²) >= 11 is 0. The zero-order valence-corrected chi connectivity index (χ0v) is 10.6. The van der Waals surface area contributed by atoms with E-state index in [-0.39, 0.29) is 0 Å². The molecular formula is C13H23N3. The van der Waals surface area contributed by atoms with Crippen LogP contribution >= 0.6 is 0 Å². The molecule has 0 radical (unpaired) electrons. The van der Waals surface area contributed by atoms with Crippen molar-refractivity contribution in [2.75, 3.05) is 6.54 Å². The van der Waals surface area contributed by atoms with Crippen molar-refractivity contribution in [1.82, 2.24) is 15.1 Å². The van der Waals surface area contributed by atoms with Crippen molar-refractivity contribution in [3.8, 4) is 0 Å². The van der Waals surface area contributed by atoms with Gasteiger partial charge in [-0.25, -0.2) is 0 Å². The van der Waals surface area contributed by atoms with Gasteiger partial charge in [-0.1, -0.05) is 6.92 Å². The molecule has 0 bridgehead atoms. The molecule has 1 aromatic rings. The highest BCUT2D eigenvalue weighted by Gasteiger charge is 2.27. The zero-order chi connectivity index (χ0) is 11.5. The predicted octanol–water partition coefficient (Wildman–Crippen LogP) is 2.60. The number of aryl methyl sites for hydroxylation is 1. The van der Waals surface area contributed by atoms with Crippen LogP contribution < -0.4 is 5.32 Å². The Labute approximate surface area is 98.2 Å². The van der Waals surface area contributed by atoms with Crippen LogP contribution in [-0.4, -0.2) is 16.3 Å². The smallest absolute Gasteiger partial charge is 0.0537 e. The normalized spacial score (nSPS) is 19.7. The molecule has 1 N–H and O–H groups in total. The van der Waals surface area contributed by atoms with Crippen LogP contribution in [0.4, 0.5) is 0 Å². The predicted molar refractivity (Wildman–Crippen MR) is 66.2 cm³/mol. The van der Waals surface area contributed by atoms with Gasteiger partial charge in [-0.15, -0.1) is 0 Å². The first-order valence-corrected chi connectivity index (χ1v) is 6.46. The fourth-order valence-electron chi connectivity index (χ4n) is 2.09. The molecule has 1 aliphatic rings. The Morgan fingerprint density at radius 1 is 1.50 bits per heavy atom. The molecule has 3 nitrogen and oxygen atoms in total. The van der Waals surface area contributed by atoms with Gasteiger partial charge in [-0.3, -0.25) is 4.68 Å². The summed E-state index contributed by atoms with van der Waals surface area (Å²) in [6.07, 6.45) is 6.98. The lowest BCUT2D eigenvalue weighted by Gasteiger charge is -2.16. The molecule has 0 aromatic carbocycles. The molecule has 16 heavy (non-hydrogen) atoms. The summed E-state index contributed by atoms with van der Waals surface area (Å²) in [7, 11) is 0. The van der Waals surface area contributed by atoms with Crippen LogP contribution in [-0.2, 0) is 6.54 Å². The molecule has 0 aliphatic heterocycles. The lowest BCUT2D eigenvalue weighted by atomic mass is 10.1. The highest BCUT2D eigenvalue weighted by Crippen LogP contribution is 2.36. The SMILES string of the molecule is CCn1cc(C(C)NCC(C)C2CC2)cn1. The van der Waals surface area contributed by atoms with E-state index >= 15 is 0 Å². The van der Waals surface area contributed by atoms with Crippen LogP contribution in [0, 0.1) is 11.8 Å². The molecule has 0 saturated heterocycles. The Balaban J connectivity index is 1.79. The molecule has 2 atom stereocenters. The van der Waals surface area contributed by atoms with Crippen molar-refractivity contribution in [2.24, 2.45) is 11.8 Å². The number of aromatic nitrogens is 2. The van der Waals surface area contributed by atoms with E-state index in [0.717, 1.165) is 24.9 Å². The van der Waals surface area contributed by atoms with E-state index in [0.29, 0.717) is 6.04 Å². The van der Waals surface area contributed by atoms with Crippen LogP contribution in [0.25, 0.3) is 0 Å². The van der Waals surface area contributed by atoms with Crippen molar-refractivity contribution < 1.29 is 0 Å². The second-order valence-electron chi connectivity index (χ2n) is 5.07. The van der Waals surface area contributed by atoms with Crippen molar-refractivity contribution in [1.29, 1.82) is 0 Å². The average Bonchev–Trinajstić information content (AvgIpc) is 3.03. The minimum Gasteiger partial charge on any atom is -0.310 e. The summed E-state index contributed by atoms with van der Waals surface area (Å²) in [4.78, 5) is 0. The fourth-order valence-corrected chi connectivity index (χ4v) is 2.09. The maximum atomic E-state index is 4.31. The van der Waals surface area contributed by atoms with Crippen LogP contribution in [0.2, 0.25) is 0 Å². The van der Waals surface area contributed by atoms with E-state index in [1.807, 2.05) is 10.9 Å². The Morgan fingerprint density at radius 3 is 2.81 bits per heavy atom. The van der Waals surface area contributed by atoms with Crippen molar-refractivity contribution in [3.05, 3.63) is 18.0 Å². The van der Waals surface area contributed by atoms with Crippen molar-refractivity contribution in [3.63, 3.8) is 0 Å². The lowest BCUT2D eigenvalue weighted by molar-refractivity contribution is 0.431. The molecule has 1 aliphatic carbocycles. The molecule has 2 unspecified atom stereocenters. The molecule has 1 aromatic heterocycles. The second kappa shape index (κ2) is 5.00. The molecule has 1 fully saturated rings. The van der Waals surface area contributed by atoms with Crippen LogP contribution in [0.1, 0.15) is 45.2 Å². The summed E-state index contributed by atoms with van der Waals surface area (Å²) in [6, 6.07) is 0.418. The molecule has 0 spiro atoms. The van der Waals surface area contributed by atoms with E-state index in [9.17, 15) is 0 Å². The largest absolute Gasteiger partial charge is 0.310 e. The second-order valence-corrected chi connectivity index (χ2v) is 5.07. The Bertz CT molecular complexity index is 328. The molecule has 1 saturated carbocycles. The van der Waals surface area contributed by atoms with E-state index < -0.39 is 0 Å². The minimum atomic E-state index is 0.418. The quantitative estimate of drug-likeness (QED) is 0.800. The minimum absolute atomic E-state index is 0.418.